The first-order valence-electron chi connectivity index (χ1n) is 5.83. The Labute approximate surface area is 106 Å². The molecular formula is C13H18N2OS. The standard InChI is InChI=1S/C13H18N2OS/c1-10(7-16)8-17-9-12-6-15-11(2)4-3-5-13(15)14-12/h3-6,10,16H,7-9H2,1-2H3/t10-/m1/s1. The molecule has 0 amide bonds. The maximum atomic E-state index is 8.95. The molecule has 0 aliphatic carbocycles. The molecule has 0 aromatic carbocycles. The summed E-state index contributed by atoms with van der Waals surface area (Å²) in [6, 6.07) is 6.14. The van der Waals surface area contributed by atoms with Crippen molar-refractivity contribution in [2.45, 2.75) is 19.6 Å². The fourth-order valence-corrected chi connectivity index (χ4v) is 2.66. The second-order valence-corrected chi connectivity index (χ2v) is 5.46. The fraction of sp³-hybridized carbons (Fsp3) is 0.462. The van der Waals surface area contributed by atoms with Crippen LogP contribution in [0.2, 0.25) is 0 Å². The third kappa shape index (κ3) is 3.01. The lowest BCUT2D eigenvalue weighted by atomic mass is 10.2. The fourth-order valence-electron chi connectivity index (χ4n) is 1.69. The first kappa shape index (κ1) is 12.5. The molecule has 0 fully saturated rings. The van der Waals surface area contributed by atoms with E-state index in [0.717, 1.165) is 22.8 Å². The highest BCUT2D eigenvalue weighted by Crippen LogP contribution is 2.16. The third-order valence-electron chi connectivity index (χ3n) is 2.71. The number of thioether (sulfide) groups is 1. The Bertz CT molecular complexity index is 495. The van der Waals surface area contributed by atoms with Gasteiger partial charge in [0, 0.05) is 24.3 Å². The second kappa shape index (κ2) is 5.56. The summed E-state index contributed by atoms with van der Waals surface area (Å²) < 4.78 is 2.12. The minimum Gasteiger partial charge on any atom is -0.396 e. The Morgan fingerprint density at radius 3 is 3.00 bits per heavy atom. The molecule has 1 atom stereocenters. The van der Waals surface area contributed by atoms with Crippen molar-refractivity contribution in [3.63, 3.8) is 0 Å². The molecule has 0 aliphatic rings. The van der Waals surface area contributed by atoms with Crippen molar-refractivity contribution < 1.29 is 5.11 Å². The highest BCUT2D eigenvalue weighted by Gasteiger charge is 2.05. The lowest BCUT2D eigenvalue weighted by Gasteiger charge is -2.05. The van der Waals surface area contributed by atoms with E-state index >= 15 is 0 Å². The van der Waals surface area contributed by atoms with Gasteiger partial charge in [0.05, 0.1) is 5.69 Å². The van der Waals surface area contributed by atoms with Gasteiger partial charge in [0.25, 0.3) is 0 Å². The van der Waals surface area contributed by atoms with Crippen molar-refractivity contribution in [2.75, 3.05) is 12.4 Å². The summed E-state index contributed by atoms with van der Waals surface area (Å²) in [4.78, 5) is 4.58. The summed E-state index contributed by atoms with van der Waals surface area (Å²) in [6.45, 7) is 4.40. The lowest BCUT2D eigenvalue weighted by Crippen LogP contribution is -2.03. The number of hydrogen-bond donors (Lipinski definition) is 1. The zero-order valence-corrected chi connectivity index (χ0v) is 11.1. The van der Waals surface area contributed by atoms with Crippen molar-refractivity contribution in [2.24, 2.45) is 5.92 Å². The Morgan fingerprint density at radius 1 is 1.47 bits per heavy atom. The number of imidazole rings is 1. The van der Waals surface area contributed by atoms with Crippen molar-refractivity contribution >= 4 is 17.4 Å². The number of nitrogens with zero attached hydrogens (tertiary/aromatic N) is 2. The molecular weight excluding hydrogens is 232 g/mol. The number of aliphatic hydroxyl groups excluding tert-OH is 1. The van der Waals surface area contributed by atoms with Gasteiger partial charge in [-0.15, -0.1) is 0 Å². The average molecular weight is 250 g/mol. The SMILES string of the molecule is Cc1cccc2nc(CSC[C@H](C)CO)cn12. The van der Waals surface area contributed by atoms with Crippen LogP contribution in [0, 0.1) is 12.8 Å². The molecule has 3 nitrogen and oxygen atoms in total. The number of aliphatic hydroxyl groups is 1. The molecule has 4 heteroatoms. The number of fused-ring (bicyclic) bond motifs is 1. The van der Waals surface area contributed by atoms with Crippen LogP contribution in [0.1, 0.15) is 18.3 Å². The zero-order valence-electron chi connectivity index (χ0n) is 10.3. The smallest absolute Gasteiger partial charge is 0.137 e. The molecule has 0 radical (unpaired) electrons. The molecule has 0 spiro atoms. The molecule has 92 valence electrons. The minimum atomic E-state index is 0.261. The van der Waals surface area contributed by atoms with E-state index in [4.69, 9.17) is 5.11 Å². The second-order valence-electron chi connectivity index (χ2n) is 4.43. The third-order valence-corrected chi connectivity index (χ3v) is 4.01. The maximum absolute atomic E-state index is 8.95. The first-order chi connectivity index (χ1) is 8.20. The summed E-state index contributed by atoms with van der Waals surface area (Å²) in [6.07, 6.45) is 2.10. The van der Waals surface area contributed by atoms with Crippen LogP contribution in [0.5, 0.6) is 0 Å². The van der Waals surface area contributed by atoms with E-state index in [2.05, 4.69) is 35.5 Å². The number of pyridine rings is 1. The van der Waals surface area contributed by atoms with E-state index in [9.17, 15) is 0 Å². The van der Waals surface area contributed by atoms with E-state index in [1.807, 2.05) is 23.9 Å². The highest BCUT2D eigenvalue weighted by atomic mass is 32.2. The minimum absolute atomic E-state index is 0.261. The molecule has 17 heavy (non-hydrogen) atoms. The van der Waals surface area contributed by atoms with Gasteiger partial charge in [-0.05, 0) is 30.7 Å². The van der Waals surface area contributed by atoms with E-state index in [0.29, 0.717) is 5.92 Å². The summed E-state index contributed by atoms with van der Waals surface area (Å²) >= 11 is 1.82. The molecule has 2 aromatic heterocycles. The predicted octanol–water partition coefficient (Wildman–Crippen LogP) is 2.50. The average Bonchev–Trinajstić information content (AvgIpc) is 2.73. The summed E-state index contributed by atoms with van der Waals surface area (Å²) in [5.74, 6) is 2.24. The van der Waals surface area contributed by atoms with Crippen molar-refractivity contribution in [3.8, 4) is 0 Å². The Kier molecular flexibility index (Phi) is 4.07. The summed E-state index contributed by atoms with van der Waals surface area (Å²) in [5.41, 5.74) is 3.32. The lowest BCUT2D eigenvalue weighted by molar-refractivity contribution is 0.250. The van der Waals surface area contributed by atoms with Gasteiger partial charge in [-0.1, -0.05) is 13.0 Å². The topological polar surface area (TPSA) is 37.5 Å². The van der Waals surface area contributed by atoms with E-state index in [1.54, 1.807) is 0 Å². The van der Waals surface area contributed by atoms with Gasteiger partial charge >= 0.3 is 0 Å². The van der Waals surface area contributed by atoms with Gasteiger partial charge < -0.3 is 9.51 Å². The van der Waals surface area contributed by atoms with Crippen LogP contribution in [0.15, 0.2) is 24.4 Å². The monoisotopic (exact) mass is 250 g/mol. The predicted molar refractivity (Wildman–Crippen MR) is 72.3 cm³/mol. The van der Waals surface area contributed by atoms with Crippen molar-refractivity contribution in [1.82, 2.24) is 9.38 Å². The van der Waals surface area contributed by atoms with Crippen LogP contribution in [0.4, 0.5) is 0 Å². The number of rotatable bonds is 5. The normalized spacial score (nSPS) is 13.1. The van der Waals surface area contributed by atoms with Gasteiger partial charge in [-0.3, -0.25) is 0 Å². The van der Waals surface area contributed by atoms with Gasteiger partial charge in [-0.25, -0.2) is 4.98 Å². The Morgan fingerprint density at radius 2 is 2.29 bits per heavy atom. The molecule has 0 saturated heterocycles. The quantitative estimate of drug-likeness (QED) is 0.886. The first-order valence-corrected chi connectivity index (χ1v) is 6.98. The van der Waals surface area contributed by atoms with Gasteiger partial charge in [0.1, 0.15) is 5.65 Å². The number of aryl methyl sites for hydroxylation is 1. The van der Waals surface area contributed by atoms with Crippen LogP contribution in [0.3, 0.4) is 0 Å². The number of hydrogen-bond acceptors (Lipinski definition) is 3. The maximum Gasteiger partial charge on any atom is 0.137 e. The molecule has 2 rings (SSSR count). The molecule has 0 aliphatic heterocycles. The molecule has 2 aromatic rings. The highest BCUT2D eigenvalue weighted by molar-refractivity contribution is 7.98. The van der Waals surface area contributed by atoms with Crippen LogP contribution < -0.4 is 0 Å². The van der Waals surface area contributed by atoms with Gasteiger partial charge in [-0.2, -0.15) is 11.8 Å². The molecule has 0 unspecified atom stereocenters. The summed E-state index contributed by atoms with van der Waals surface area (Å²) in [5, 5.41) is 8.95. The Hall–Kier alpha value is -1.00. The van der Waals surface area contributed by atoms with Gasteiger partial charge in [0.15, 0.2) is 0 Å². The van der Waals surface area contributed by atoms with E-state index < -0.39 is 0 Å². The van der Waals surface area contributed by atoms with Crippen molar-refractivity contribution in [1.29, 1.82) is 0 Å². The van der Waals surface area contributed by atoms with Crippen LogP contribution in [-0.4, -0.2) is 26.9 Å². The largest absolute Gasteiger partial charge is 0.396 e. The van der Waals surface area contributed by atoms with Crippen LogP contribution in [0.25, 0.3) is 5.65 Å². The Balaban J connectivity index is 2.02. The molecule has 0 bridgehead atoms. The van der Waals surface area contributed by atoms with Crippen LogP contribution >= 0.6 is 11.8 Å². The van der Waals surface area contributed by atoms with Gasteiger partial charge in [0.2, 0.25) is 0 Å². The molecule has 1 N–H and O–H groups in total. The molecule has 0 saturated carbocycles. The van der Waals surface area contributed by atoms with E-state index in [-0.39, 0.29) is 6.61 Å². The van der Waals surface area contributed by atoms with E-state index in [1.165, 1.54) is 5.69 Å². The summed E-state index contributed by atoms with van der Waals surface area (Å²) in [7, 11) is 0. The van der Waals surface area contributed by atoms with Crippen molar-refractivity contribution in [3.05, 3.63) is 35.8 Å². The number of aromatic nitrogens is 2. The van der Waals surface area contributed by atoms with Crippen LogP contribution in [-0.2, 0) is 5.75 Å². The molecule has 2 heterocycles. The zero-order chi connectivity index (χ0) is 12.3.